The van der Waals surface area contributed by atoms with Crippen molar-refractivity contribution in [3.63, 3.8) is 0 Å². The van der Waals surface area contributed by atoms with E-state index in [1.807, 2.05) is 51.1 Å². The molecule has 0 bridgehead atoms. The van der Waals surface area contributed by atoms with Crippen molar-refractivity contribution < 1.29 is 22.4 Å². The third kappa shape index (κ3) is 7.19. The summed E-state index contributed by atoms with van der Waals surface area (Å²) >= 11 is 0. The Balaban J connectivity index is 2.02. The topological polar surface area (TPSA) is 86.8 Å². The van der Waals surface area contributed by atoms with Crippen LogP contribution in [0.15, 0.2) is 89.8 Å². The second-order valence-corrected chi connectivity index (χ2v) is 10.9. The molecule has 3 aromatic carbocycles. The lowest BCUT2D eigenvalue weighted by atomic mass is 10.1. The monoisotopic (exact) mass is 539 g/mol. The van der Waals surface area contributed by atoms with Crippen LogP contribution in [0, 0.1) is 5.82 Å². The Morgan fingerprint density at radius 1 is 0.868 bits per heavy atom. The number of halogens is 1. The molecule has 7 nitrogen and oxygen atoms in total. The van der Waals surface area contributed by atoms with Crippen LogP contribution in [0.4, 0.5) is 10.1 Å². The van der Waals surface area contributed by atoms with Crippen molar-refractivity contribution in [2.75, 3.05) is 10.8 Å². The maximum atomic E-state index is 13.9. The summed E-state index contributed by atoms with van der Waals surface area (Å²) in [4.78, 5) is 28.5. The predicted octanol–water partition coefficient (Wildman–Crippen LogP) is 4.74. The highest BCUT2D eigenvalue weighted by Crippen LogP contribution is 2.25. The summed E-state index contributed by atoms with van der Waals surface area (Å²) in [6, 6.07) is 21.0. The number of benzene rings is 3. The molecule has 0 aliphatic heterocycles. The molecule has 202 valence electrons. The molecule has 0 radical (unpaired) electrons. The van der Waals surface area contributed by atoms with E-state index in [1.165, 1.54) is 29.2 Å². The standard InChI is InChI=1S/C29H34FN3O4S/c1-4-22(3)31-29(35)27(5-2)32(20-23-12-8-6-9-13-23)28(34)21-33(25-18-16-24(30)17-19-25)38(36,37)26-14-10-7-11-15-26/h6-19,22,27H,4-5,20-21H2,1-3H3,(H,31,35)/t22-,27+/m1/s1. The third-order valence-corrected chi connectivity index (χ3v) is 8.10. The van der Waals surface area contributed by atoms with Crippen LogP contribution in [0.2, 0.25) is 0 Å². The highest BCUT2D eigenvalue weighted by atomic mass is 32.2. The summed E-state index contributed by atoms with van der Waals surface area (Å²) in [7, 11) is -4.18. The number of anilines is 1. The van der Waals surface area contributed by atoms with Gasteiger partial charge in [0.15, 0.2) is 0 Å². The Bertz CT molecular complexity index is 1300. The number of sulfonamides is 1. The lowest BCUT2D eigenvalue weighted by Gasteiger charge is -2.33. The number of amides is 2. The first-order valence-corrected chi connectivity index (χ1v) is 14.1. The van der Waals surface area contributed by atoms with Gasteiger partial charge >= 0.3 is 0 Å². The Hall–Kier alpha value is -3.72. The molecule has 3 aromatic rings. The summed E-state index contributed by atoms with van der Waals surface area (Å²) in [5.41, 5.74) is 0.940. The minimum Gasteiger partial charge on any atom is -0.352 e. The van der Waals surface area contributed by atoms with Gasteiger partial charge in [0, 0.05) is 12.6 Å². The van der Waals surface area contributed by atoms with Crippen LogP contribution in [0.3, 0.4) is 0 Å². The van der Waals surface area contributed by atoms with Crippen molar-refractivity contribution in [3.8, 4) is 0 Å². The highest BCUT2D eigenvalue weighted by molar-refractivity contribution is 7.92. The second-order valence-electron chi connectivity index (χ2n) is 9.05. The molecule has 38 heavy (non-hydrogen) atoms. The van der Waals surface area contributed by atoms with Crippen molar-refractivity contribution in [2.24, 2.45) is 0 Å². The molecule has 0 spiro atoms. The van der Waals surface area contributed by atoms with Gasteiger partial charge in [-0.05, 0) is 61.7 Å². The van der Waals surface area contributed by atoms with Gasteiger partial charge in [0.1, 0.15) is 18.4 Å². The van der Waals surface area contributed by atoms with Gasteiger partial charge in [-0.3, -0.25) is 13.9 Å². The van der Waals surface area contributed by atoms with Crippen molar-refractivity contribution in [2.45, 2.75) is 57.1 Å². The van der Waals surface area contributed by atoms with Gasteiger partial charge < -0.3 is 10.2 Å². The molecule has 0 saturated heterocycles. The number of carbonyl (C=O) groups excluding carboxylic acids is 2. The van der Waals surface area contributed by atoms with E-state index in [4.69, 9.17) is 0 Å². The zero-order valence-corrected chi connectivity index (χ0v) is 22.7. The molecule has 3 rings (SSSR count). The number of hydrogen-bond acceptors (Lipinski definition) is 4. The van der Waals surface area contributed by atoms with E-state index < -0.39 is 34.3 Å². The molecule has 1 N–H and O–H groups in total. The Morgan fingerprint density at radius 2 is 1.45 bits per heavy atom. The van der Waals surface area contributed by atoms with E-state index in [9.17, 15) is 22.4 Å². The van der Waals surface area contributed by atoms with Crippen molar-refractivity contribution in [1.82, 2.24) is 10.2 Å². The minimum absolute atomic E-state index is 0.00621. The molecule has 2 atom stereocenters. The van der Waals surface area contributed by atoms with E-state index in [0.29, 0.717) is 6.42 Å². The molecular formula is C29H34FN3O4S. The molecule has 0 aromatic heterocycles. The van der Waals surface area contributed by atoms with Crippen molar-refractivity contribution >= 4 is 27.5 Å². The second kappa shape index (κ2) is 13.2. The fraction of sp³-hybridized carbons (Fsp3) is 0.310. The van der Waals surface area contributed by atoms with Gasteiger partial charge in [0.05, 0.1) is 10.6 Å². The first-order chi connectivity index (χ1) is 18.2. The molecule has 0 saturated carbocycles. The highest BCUT2D eigenvalue weighted by Gasteiger charge is 2.33. The Morgan fingerprint density at radius 3 is 2.00 bits per heavy atom. The number of carbonyl (C=O) groups is 2. The first-order valence-electron chi connectivity index (χ1n) is 12.6. The summed E-state index contributed by atoms with van der Waals surface area (Å²) in [6.45, 7) is 5.20. The summed E-state index contributed by atoms with van der Waals surface area (Å²) < 4.78 is 42.0. The van der Waals surface area contributed by atoms with E-state index in [1.54, 1.807) is 18.2 Å². The van der Waals surface area contributed by atoms with Crippen molar-refractivity contribution in [1.29, 1.82) is 0 Å². The zero-order valence-electron chi connectivity index (χ0n) is 21.9. The fourth-order valence-corrected chi connectivity index (χ4v) is 5.43. The molecule has 0 aliphatic rings. The van der Waals surface area contributed by atoms with Crippen LogP contribution >= 0.6 is 0 Å². The molecule has 0 aliphatic carbocycles. The van der Waals surface area contributed by atoms with Crippen molar-refractivity contribution in [3.05, 3.63) is 96.3 Å². The van der Waals surface area contributed by atoms with Gasteiger partial charge in [-0.25, -0.2) is 12.8 Å². The van der Waals surface area contributed by atoms with Gasteiger partial charge in [0.25, 0.3) is 10.0 Å². The van der Waals surface area contributed by atoms with Gasteiger partial charge in [-0.1, -0.05) is 62.4 Å². The third-order valence-electron chi connectivity index (χ3n) is 6.31. The molecular weight excluding hydrogens is 505 g/mol. The molecule has 0 heterocycles. The average Bonchev–Trinajstić information content (AvgIpc) is 2.93. The maximum Gasteiger partial charge on any atom is 0.264 e. The normalized spacial score (nSPS) is 12.8. The minimum atomic E-state index is -4.18. The summed E-state index contributed by atoms with van der Waals surface area (Å²) in [5.74, 6) is -1.38. The number of nitrogens with zero attached hydrogens (tertiary/aromatic N) is 2. The van der Waals surface area contributed by atoms with E-state index in [-0.39, 0.29) is 29.1 Å². The van der Waals surface area contributed by atoms with Crippen LogP contribution in [0.25, 0.3) is 0 Å². The first kappa shape index (κ1) is 28.8. The van der Waals surface area contributed by atoms with Crippen LogP contribution in [0.5, 0.6) is 0 Å². The van der Waals surface area contributed by atoms with Crippen LogP contribution in [-0.2, 0) is 26.2 Å². The van der Waals surface area contributed by atoms with E-state index in [2.05, 4.69) is 5.32 Å². The molecule has 0 fully saturated rings. The van der Waals surface area contributed by atoms with Crippen LogP contribution < -0.4 is 9.62 Å². The smallest absolute Gasteiger partial charge is 0.264 e. The van der Waals surface area contributed by atoms with E-state index >= 15 is 0 Å². The van der Waals surface area contributed by atoms with Gasteiger partial charge in [0.2, 0.25) is 11.8 Å². The maximum absolute atomic E-state index is 13.9. The lowest BCUT2D eigenvalue weighted by Crippen LogP contribution is -2.53. The number of nitrogens with one attached hydrogen (secondary N) is 1. The quantitative estimate of drug-likeness (QED) is 0.360. The summed E-state index contributed by atoms with van der Waals surface area (Å²) in [5, 5.41) is 2.94. The summed E-state index contributed by atoms with van der Waals surface area (Å²) in [6.07, 6.45) is 1.06. The van der Waals surface area contributed by atoms with Crippen LogP contribution in [-0.4, -0.2) is 43.8 Å². The van der Waals surface area contributed by atoms with Gasteiger partial charge in [-0.2, -0.15) is 0 Å². The predicted molar refractivity (Wildman–Crippen MR) is 146 cm³/mol. The largest absolute Gasteiger partial charge is 0.352 e. The molecule has 9 heteroatoms. The molecule has 0 unspecified atom stereocenters. The lowest BCUT2D eigenvalue weighted by molar-refractivity contribution is -0.140. The Labute approximate surface area is 224 Å². The van der Waals surface area contributed by atoms with Crippen LogP contribution in [0.1, 0.15) is 39.2 Å². The fourth-order valence-electron chi connectivity index (χ4n) is 4.00. The number of hydrogen-bond donors (Lipinski definition) is 1. The average molecular weight is 540 g/mol. The molecule has 2 amide bonds. The zero-order chi connectivity index (χ0) is 27.7. The Kier molecular flexibility index (Phi) is 10.0. The van der Waals surface area contributed by atoms with E-state index in [0.717, 1.165) is 28.4 Å². The number of rotatable bonds is 12. The van der Waals surface area contributed by atoms with Gasteiger partial charge in [-0.15, -0.1) is 0 Å². The SMILES string of the molecule is CC[C@@H](C)NC(=O)[C@H](CC)N(Cc1ccccc1)C(=O)CN(c1ccc(F)cc1)S(=O)(=O)c1ccccc1.